The number of nitrogens with zero attached hydrogens (tertiary/aromatic N) is 5. The number of hydrogen-bond acceptors (Lipinski definition) is 7. The predicted molar refractivity (Wildman–Crippen MR) is 130 cm³/mol. The van der Waals surface area contributed by atoms with E-state index in [1.165, 1.54) is 0 Å². The smallest absolute Gasteiger partial charge is 0.260 e. The first kappa shape index (κ1) is 23.1. The van der Waals surface area contributed by atoms with Crippen LogP contribution in [0.15, 0.2) is 42.6 Å². The standard InChI is InChI=1S/C23H24Cl2N6O2/c1-15-5-6-26-20(11-15)29-21-13-22(28-16(2)27-21)30-7-9-31(10-8-30)23(32)14-33-19-4-3-17(24)12-18(19)25/h3-6,11-13H,7-10,14H2,1-2H3,(H,26,27,28,29). The van der Waals surface area contributed by atoms with Crippen LogP contribution in [-0.4, -0.2) is 58.5 Å². The highest BCUT2D eigenvalue weighted by atomic mass is 35.5. The van der Waals surface area contributed by atoms with Crippen LogP contribution in [0.3, 0.4) is 0 Å². The molecule has 1 aliphatic rings. The van der Waals surface area contributed by atoms with Crippen LogP contribution in [-0.2, 0) is 4.79 Å². The lowest BCUT2D eigenvalue weighted by atomic mass is 10.3. The largest absolute Gasteiger partial charge is 0.482 e. The molecule has 0 aliphatic carbocycles. The number of rotatable bonds is 6. The maximum absolute atomic E-state index is 12.6. The number of aryl methyl sites for hydroxylation is 2. The lowest BCUT2D eigenvalue weighted by Crippen LogP contribution is -2.50. The Hall–Kier alpha value is -3.10. The molecule has 1 aliphatic heterocycles. The van der Waals surface area contributed by atoms with Gasteiger partial charge in [0.25, 0.3) is 5.91 Å². The van der Waals surface area contributed by atoms with Gasteiger partial charge >= 0.3 is 0 Å². The second kappa shape index (κ2) is 10.2. The number of carbonyl (C=O) groups is 1. The van der Waals surface area contributed by atoms with Gasteiger partial charge in [-0.1, -0.05) is 23.2 Å². The highest BCUT2D eigenvalue weighted by Gasteiger charge is 2.23. The third-order valence-electron chi connectivity index (χ3n) is 5.20. The Kier molecular flexibility index (Phi) is 7.15. The first-order chi connectivity index (χ1) is 15.9. The minimum absolute atomic E-state index is 0.0778. The number of carbonyl (C=O) groups excluding carboxylic acids is 1. The minimum atomic E-state index is -0.0904. The van der Waals surface area contributed by atoms with Gasteiger partial charge in [-0.25, -0.2) is 15.0 Å². The van der Waals surface area contributed by atoms with Gasteiger partial charge in [-0.3, -0.25) is 4.79 Å². The van der Waals surface area contributed by atoms with Crippen LogP contribution in [0.5, 0.6) is 5.75 Å². The van der Waals surface area contributed by atoms with Crippen LogP contribution in [0.1, 0.15) is 11.4 Å². The molecule has 4 rings (SSSR count). The summed E-state index contributed by atoms with van der Waals surface area (Å²) in [5.41, 5.74) is 1.11. The van der Waals surface area contributed by atoms with Gasteiger partial charge in [0.2, 0.25) is 0 Å². The maximum Gasteiger partial charge on any atom is 0.260 e. The monoisotopic (exact) mass is 486 g/mol. The van der Waals surface area contributed by atoms with Crippen molar-refractivity contribution in [2.45, 2.75) is 13.8 Å². The summed E-state index contributed by atoms with van der Waals surface area (Å²) in [5.74, 6) is 3.24. The number of ether oxygens (including phenoxy) is 1. The molecule has 33 heavy (non-hydrogen) atoms. The Morgan fingerprint density at radius 3 is 2.55 bits per heavy atom. The average molecular weight is 487 g/mol. The van der Waals surface area contributed by atoms with E-state index in [4.69, 9.17) is 27.9 Å². The number of piperazine rings is 1. The van der Waals surface area contributed by atoms with Gasteiger partial charge in [-0.05, 0) is 49.7 Å². The fourth-order valence-corrected chi connectivity index (χ4v) is 3.98. The van der Waals surface area contributed by atoms with Gasteiger partial charge in [0.05, 0.1) is 5.02 Å². The van der Waals surface area contributed by atoms with Gasteiger partial charge in [-0.15, -0.1) is 0 Å². The quantitative estimate of drug-likeness (QED) is 0.556. The molecule has 0 bridgehead atoms. The molecule has 2 aromatic heterocycles. The molecule has 172 valence electrons. The number of anilines is 3. The molecule has 10 heteroatoms. The van der Waals surface area contributed by atoms with E-state index in [0.717, 1.165) is 17.2 Å². The summed E-state index contributed by atoms with van der Waals surface area (Å²) < 4.78 is 5.58. The van der Waals surface area contributed by atoms with Crippen molar-refractivity contribution in [1.82, 2.24) is 19.9 Å². The summed E-state index contributed by atoms with van der Waals surface area (Å²) in [6.07, 6.45) is 1.76. The molecule has 1 fully saturated rings. The van der Waals surface area contributed by atoms with Crippen LogP contribution in [0.2, 0.25) is 10.0 Å². The predicted octanol–water partition coefficient (Wildman–Crippen LogP) is 4.27. The van der Waals surface area contributed by atoms with E-state index < -0.39 is 0 Å². The van der Waals surface area contributed by atoms with Crippen LogP contribution in [0.4, 0.5) is 17.5 Å². The van der Waals surface area contributed by atoms with Crippen molar-refractivity contribution >= 4 is 46.6 Å². The van der Waals surface area contributed by atoms with E-state index in [0.29, 0.717) is 53.6 Å². The Morgan fingerprint density at radius 2 is 1.82 bits per heavy atom. The summed E-state index contributed by atoms with van der Waals surface area (Å²) in [7, 11) is 0. The minimum Gasteiger partial charge on any atom is -0.482 e. The van der Waals surface area contributed by atoms with Crippen LogP contribution in [0, 0.1) is 13.8 Å². The summed E-state index contributed by atoms with van der Waals surface area (Å²) in [4.78, 5) is 29.9. The van der Waals surface area contributed by atoms with Crippen molar-refractivity contribution in [3.63, 3.8) is 0 Å². The lowest BCUT2D eigenvalue weighted by Gasteiger charge is -2.35. The van der Waals surface area contributed by atoms with Gasteiger partial charge in [0, 0.05) is 43.5 Å². The molecule has 3 heterocycles. The molecular weight excluding hydrogens is 463 g/mol. The molecule has 3 aromatic rings. The molecule has 1 aromatic carbocycles. The van der Waals surface area contributed by atoms with E-state index in [1.54, 1.807) is 29.3 Å². The molecule has 1 amide bonds. The molecule has 0 atom stereocenters. The summed E-state index contributed by atoms with van der Waals surface area (Å²) in [5, 5.41) is 4.14. The highest BCUT2D eigenvalue weighted by Crippen LogP contribution is 2.27. The fraction of sp³-hybridized carbons (Fsp3) is 0.304. The number of pyridine rings is 1. The van der Waals surface area contributed by atoms with Crippen molar-refractivity contribution in [3.8, 4) is 5.75 Å². The molecule has 8 nitrogen and oxygen atoms in total. The zero-order valence-corrected chi connectivity index (χ0v) is 19.9. The third kappa shape index (κ3) is 6.03. The lowest BCUT2D eigenvalue weighted by molar-refractivity contribution is -0.133. The van der Waals surface area contributed by atoms with E-state index in [2.05, 4.69) is 25.2 Å². The number of aromatic nitrogens is 3. The number of benzene rings is 1. The van der Waals surface area contributed by atoms with E-state index in [9.17, 15) is 4.79 Å². The SMILES string of the molecule is Cc1ccnc(Nc2cc(N3CCN(C(=O)COc4ccc(Cl)cc4Cl)CC3)nc(C)n2)c1. The Morgan fingerprint density at radius 1 is 1.03 bits per heavy atom. The Bertz CT molecular complexity index is 1150. The van der Waals surface area contributed by atoms with Crippen molar-refractivity contribution in [3.05, 3.63) is 64.0 Å². The molecule has 0 unspecified atom stereocenters. The third-order valence-corrected chi connectivity index (χ3v) is 5.73. The van der Waals surface area contributed by atoms with E-state index >= 15 is 0 Å². The Balaban J connectivity index is 1.34. The van der Waals surface area contributed by atoms with Crippen molar-refractivity contribution < 1.29 is 9.53 Å². The van der Waals surface area contributed by atoms with E-state index in [-0.39, 0.29) is 12.5 Å². The van der Waals surface area contributed by atoms with Crippen LogP contribution >= 0.6 is 23.2 Å². The topological polar surface area (TPSA) is 83.5 Å². The van der Waals surface area contributed by atoms with E-state index in [1.807, 2.05) is 32.0 Å². The molecular formula is C23H24Cl2N6O2. The van der Waals surface area contributed by atoms with Crippen LogP contribution in [0.25, 0.3) is 0 Å². The van der Waals surface area contributed by atoms with Crippen molar-refractivity contribution in [2.24, 2.45) is 0 Å². The van der Waals surface area contributed by atoms with Crippen molar-refractivity contribution in [2.75, 3.05) is 43.0 Å². The average Bonchev–Trinajstić information content (AvgIpc) is 2.78. The number of nitrogens with one attached hydrogen (secondary N) is 1. The number of amides is 1. The van der Waals surface area contributed by atoms with Crippen LogP contribution < -0.4 is 15.0 Å². The Labute approximate surface area is 202 Å². The zero-order chi connectivity index (χ0) is 23.4. The first-order valence-corrected chi connectivity index (χ1v) is 11.3. The fourth-order valence-electron chi connectivity index (χ4n) is 3.52. The molecule has 0 spiro atoms. The molecule has 0 saturated carbocycles. The summed E-state index contributed by atoms with van der Waals surface area (Å²) in [6, 6.07) is 10.7. The number of hydrogen-bond donors (Lipinski definition) is 1. The van der Waals surface area contributed by atoms with Gasteiger partial charge in [-0.2, -0.15) is 0 Å². The highest BCUT2D eigenvalue weighted by molar-refractivity contribution is 6.35. The second-order valence-electron chi connectivity index (χ2n) is 7.73. The normalized spacial score (nSPS) is 13.7. The zero-order valence-electron chi connectivity index (χ0n) is 18.4. The molecule has 0 radical (unpaired) electrons. The molecule has 1 N–H and O–H groups in total. The van der Waals surface area contributed by atoms with Gasteiger partial charge < -0.3 is 19.9 Å². The summed E-state index contributed by atoms with van der Waals surface area (Å²) >= 11 is 12.0. The van der Waals surface area contributed by atoms with Gasteiger partial charge in [0.1, 0.15) is 29.0 Å². The first-order valence-electron chi connectivity index (χ1n) is 10.5. The maximum atomic E-state index is 12.6. The molecule has 1 saturated heterocycles. The van der Waals surface area contributed by atoms with Crippen molar-refractivity contribution in [1.29, 1.82) is 0 Å². The van der Waals surface area contributed by atoms with Gasteiger partial charge in [0.15, 0.2) is 6.61 Å². The number of halogens is 2. The second-order valence-corrected chi connectivity index (χ2v) is 8.58. The summed E-state index contributed by atoms with van der Waals surface area (Å²) in [6.45, 7) is 6.25.